The van der Waals surface area contributed by atoms with Crippen LogP contribution in [0.5, 0.6) is 5.75 Å². The van der Waals surface area contributed by atoms with Crippen LogP contribution in [0.4, 0.5) is 0 Å². The molecule has 1 heterocycles. The van der Waals surface area contributed by atoms with E-state index in [1.54, 1.807) is 12.1 Å². The van der Waals surface area contributed by atoms with Crippen LogP contribution >= 0.6 is 0 Å². The third kappa shape index (κ3) is 3.77. The number of carbonyl (C=O) groups is 1. The summed E-state index contributed by atoms with van der Waals surface area (Å²) in [5.74, 6) is 0.665. The van der Waals surface area contributed by atoms with E-state index in [1.807, 2.05) is 31.2 Å². The Kier molecular flexibility index (Phi) is 5.16. The summed E-state index contributed by atoms with van der Waals surface area (Å²) in [5, 5.41) is 4.22. The molecule has 0 aliphatic heterocycles. The maximum atomic E-state index is 12.2. The van der Waals surface area contributed by atoms with Gasteiger partial charge < -0.3 is 14.6 Å². The van der Waals surface area contributed by atoms with Crippen molar-refractivity contribution in [2.45, 2.75) is 19.9 Å². The first-order valence-corrected chi connectivity index (χ1v) is 8.33. The van der Waals surface area contributed by atoms with Crippen molar-refractivity contribution in [3.8, 4) is 5.75 Å². The maximum Gasteiger partial charge on any atom is 0.251 e. The smallest absolute Gasteiger partial charge is 0.251 e. The molecule has 0 radical (unpaired) electrons. The average molecular weight is 322 g/mol. The minimum Gasteiger partial charge on any atom is -0.494 e. The van der Waals surface area contributed by atoms with Gasteiger partial charge in [-0.2, -0.15) is 0 Å². The van der Waals surface area contributed by atoms with Crippen LogP contribution in [0.2, 0.25) is 0 Å². The van der Waals surface area contributed by atoms with Crippen molar-refractivity contribution in [2.24, 2.45) is 0 Å². The van der Waals surface area contributed by atoms with E-state index in [0.29, 0.717) is 18.7 Å². The molecule has 1 amide bonds. The van der Waals surface area contributed by atoms with Crippen LogP contribution in [0.15, 0.2) is 60.8 Å². The van der Waals surface area contributed by atoms with Gasteiger partial charge in [0.1, 0.15) is 5.75 Å². The fourth-order valence-electron chi connectivity index (χ4n) is 2.78. The van der Waals surface area contributed by atoms with Crippen LogP contribution in [0, 0.1) is 0 Å². The molecule has 0 bridgehead atoms. The number of rotatable bonds is 7. The molecular formula is C20H22N2O2. The summed E-state index contributed by atoms with van der Waals surface area (Å²) in [6.07, 6.45) is 2.98. The lowest BCUT2D eigenvalue weighted by Crippen LogP contribution is -2.25. The topological polar surface area (TPSA) is 43.3 Å². The number of hydrogen-bond acceptors (Lipinski definition) is 2. The predicted octanol–water partition coefficient (Wildman–Crippen LogP) is 3.86. The number of nitrogens with one attached hydrogen (secondary N) is 1. The molecule has 3 aromatic rings. The van der Waals surface area contributed by atoms with Gasteiger partial charge in [-0.25, -0.2) is 0 Å². The number of benzene rings is 2. The van der Waals surface area contributed by atoms with Crippen molar-refractivity contribution in [3.63, 3.8) is 0 Å². The monoisotopic (exact) mass is 322 g/mol. The van der Waals surface area contributed by atoms with E-state index >= 15 is 0 Å². The van der Waals surface area contributed by atoms with Gasteiger partial charge in [-0.1, -0.05) is 24.3 Å². The molecular weight excluding hydrogens is 300 g/mol. The van der Waals surface area contributed by atoms with Gasteiger partial charge in [0.25, 0.3) is 5.91 Å². The first-order valence-electron chi connectivity index (χ1n) is 8.33. The highest BCUT2D eigenvalue weighted by Gasteiger charge is 2.06. The van der Waals surface area contributed by atoms with E-state index < -0.39 is 0 Å². The van der Waals surface area contributed by atoms with Gasteiger partial charge >= 0.3 is 0 Å². The third-order valence-electron chi connectivity index (χ3n) is 3.95. The number of carbonyl (C=O) groups excluding carboxylic acids is 1. The summed E-state index contributed by atoms with van der Waals surface area (Å²) in [6, 6.07) is 17.7. The number of nitrogens with zero attached hydrogens (tertiary/aromatic N) is 1. The molecule has 0 fully saturated rings. The molecule has 0 atom stereocenters. The number of aromatic nitrogens is 1. The SMILES string of the molecule is CCOc1cccc(C(=O)NCCCn2ccc3ccccc32)c1. The first kappa shape index (κ1) is 16.1. The number of hydrogen-bond donors (Lipinski definition) is 1. The van der Waals surface area contributed by atoms with E-state index in [1.165, 1.54) is 10.9 Å². The second kappa shape index (κ2) is 7.68. The lowest BCUT2D eigenvalue weighted by molar-refractivity contribution is 0.0952. The Morgan fingerprint density at radius 1 is 1.12 bits per heavy atom. The summed E-state index contributed by atoms with van der Waals surface area (Å²) in [6.45, 7) is 4.05. The van der Waals surface area contributed by atoms with E-state index in [2.05, 4.69) is 34.3 Å². The second-order valence-corrected chi connectivity index (χ2v) is 5.64. The van der Waals surface area contributed by atoms with Crippen molar-refractivity contribution in [1.29, 1.82) is 0 Å². The fourth-order valence-corrected chi connectivity index (χ4v) is 2.78. The van der Waals surface area contributed by atoms with Crippen LogP contribution in [0.25, 0.3) is 10.9 Å². The fraction of sp³-hybridized carbons (Fsp3) is 0.250. The molecule has 1 N–H and O–H groups in total. The molecule has 3 rings (SSSR count). The molecule has 1 aromatic heterocycles. The van der Waals surface area contributed by atoms with Gasteiger partial charge in [0.2, 0.25) is 0 Å². The Balaban J connectivity index is 1.51. The average Bonchev–Trinajstić information content (AvgIpc) is 3.02. The molecule has 0 saturated carbocycles. The lowest BCUT2D eigenvalue weighted by Gasteiger charge is -2.09. The minimum absolute atomic E-state index is 0.0612. The summed E-state index contributed by atoms with van der Waals surface area (Å²) in [5.41, 5.74) is 1.86. The van der Waals surface area contributed by atoms with E-state index in [9.17, 15) is 4.79 Å². The third-order valence-corrected chi connectivity index (χ3v) is 3.95. The Labute approximate surface area is 142 Å². The molecule has 4 heteroatoms. The highest BCUT2D eigenvalue weighted by atomic mass is 16.5. The number of fused-ring (bicyclic) bond motifs is 1. The number of amides is 1. The van der Waals surface area contributed by atoms with Gasteiger partial charge in [-0.3, -0.25) is 4.79 Å². The van der Waals surface area contributed by atoms with Crippen molar-refractivity contribution < 1.29 is 9.53 Å². The Morgan fingerprint density at radius 3 is 2.88 bits per heavy atom. The van der Waals surface area contributed by atoms with E-state index in [4.69, 9.17) is 4.74 Å². The second-order valence-electron chi connectivity index (χ2n) is 5.64. The summed E-state index contributed by atoms with van der Waals surface area (Å²) < 4.78 is 7.65. The standard InChI is InChI=1S/C20H22N2O2/c1-2-24-18-9-5-8-17(15-18)20(23)21-12-6-13-22-14-11-16-7-3-4-10-19(16)22/h3-5,7-11,14-15H,2,6,12-13H2,1H3,(H,21,23). The maximum absolute atomic E-state index is 12.2. The predicted molar refractivity (Wildman–Crippen MR) is 96.5 cm³/mol. The lowest BCUT2D eigenvalue weighted by atomic mass is 10.2. The van der Waals surface area contributed by atoms with Gasteiger partial charge in [0.15, 0.2) is 0 Å². The van der Waals surface area contributed by atoms with Gasteiger partial charge in [0.05, 0.1) is 6.61 Å². The molecule has 0 saturated heterocycles. The molecule has 0 unspecified atom stereocenters. The molecule has 0 aliphatic rings. The molecule has 24 heavy (non-hydrogen) atoms. The highest BCUT2D eigenvalue weighted by Crippen LogP contribution is 2.15. The van der Waals surface area contributed by atoms with Crippen LogP contribution in [-0.2, 0) is 6.54 Å². The quantitative estimate of drug-likeness (QED) is 0.671. The minimum atomic E-state index is -0.0612. The molecule has 124 valence electrons. The normalized spacial score (nSPS) is 10.7. The molecule has 0 aliphatic carbocycles. The van der Waals surface area contributed by atoms with Crippen molar-refractivity contribution in [1.82, 2.24) is 9.88 Å². The Hall–Kier alpha value is -2.75. The van der Waals surface area contributed by atoms with Gasteiger partial charge in [0, 0.05) is 30.4 Å². The van der Waals surface area contributed by atoms with Crippen LogP contribution in [0.1, 0.15) is 23.7 Å². The molecule has 2 aromatic carbocycles. The molecule has 4 nitrogen and oxygen atoms in total. The summed E-state index contributed by atoms with van der Waals surface area (Å²) >= 11 is 0. The number of ether oxygens (including phenoxy) is 1. The zero-order chi connectivity index (χ0) is 16.8. The summed E-state index contributed by atoms with van der Waals surface area (Å²) in [7, 11) is 0. The van der Waals surface area contributed by atoms with Crippen molar-refractivity contribution >= 4 is 16.8 Å². The van der Waals surface area contributed by atoms with Crippen LogP contribution < -0.4 is 10.1 Å². The van der Waals surface area contributed by atoms with E-state index in [-0.39, 0.29) is 5.91 Å². The largest absolute Gasteiger partial charge is 0.494 e. The van der Waals surface area contributed by atoms with Crippen molar-refractivity contribution in [2.75, 3.05) is 13.2 Å². The zero-order valence-corrected chi connectivity index (χ0v) is 13.9. The Morgan fingerprint density at radius 2 is 2.00 bits per heavy atom. The zero-order valence-electron chi connectivity index (χ0n) is 13.9. The molecule has 0 spiro atoms. The van der Waals surface area contributed by atoms with Crippen LogP contribution in [0.3, 0.4) is 0 Å². The van der Waals surface area contributed by atoms with Gasteiger partial charge in [-0.05, 0) is 49.1 Å². The van der Waals surface area contributed by atoms with Crippen LogP contribution in [-0.4, -0.2) is 23.6 Å². The van der Waals surface area contributed by atoms with Crippen molar-refractivity contribution in [3.05, 3.63) is 66.4 Å². The summed E-state index contributed by atoms with van der Waals surface area (Å²) in [4.78, 5) is 12.2. The Bertz CT molecular complexity index is 823. The highest BCUT2D eigenvalue weighted by molar-refractivity contribution is 5.94. The number of aryl methyl sites for hydroxylation is 1. The number of para-hydroxylation sites is 1. The van der Waals surface area contributed by atoms with E-state index in [0.717, 1.165) is 18.7 Å². The van der Waals surface area contributed by atoms with Gasteiger partial charge in [-0.15, -0.1) is 0 Å². The first-order chi connectivity index (χ1) is 11.8.